The lowest BCUT2D eigenvalue weighted by molar-refractivity contribution is -0.143. The molecule has 0 saturated carbocycles. The molecule has 1 rings (SSSR count). The maximum absolute atomic E-state index is 11.4. The first-order valence-corrected chi connectivity index (χ1v) is 4.70. The molecule has 0 spiro atoms. The Labute approximate surface area is 77.5 Å². The van der Waals surface area contributed by atoms with Gasteiger partial charge in [0, 0.05) is 26.0 Å². The first kappa shape index (κ1) is 10.2. The number of hydrogen-bond donors (Lipinski definition) is 1. The lowest BCUT2D eigenvalue weighted by Crippen LogP contribution is -2.36. The predicted molar refractivity (Wildman–Crippen MR) is 46.9 cm³/mol. The van der Waals surface area contributed by atoms with E-state index >= 15 is 0 Å². The number of hydrogen-bond acceptors (Lipinski definition) is 3. The van der Waals surface area contributed by atoms with Crippen LogP contribution in [-0.4, -0.2) is 35.0 Å². The van der Waals surface area contributed by atoms with Crippen LogP contribution < -0.4 is 0 Å². The van der Waals surface area contributed by atoms with Crippen molar-refractivity contribution >= 4 is 11.8 Å². The van der Waals surface area contributed by atoms with Crippen LogP contribution in [0.1, 0.15) is 32.1 Å². The minimum atomic E-state index is -0.0871. The first-order valence-electron chi connectivity index (χ1n) is 4.70. The number of amides is 2. The Morgan fingerprint density at radius 3 is 2.15 bits per heavy atom. The van der Waals surface area contributed by atoms with Crippen LogP contribution in [0.4, 0.5) is 0 Å². The zero-order chi connectivity index (χ0) is 9.68. The van der Waals surface area contributed by atoms with E-state index in [1.807, 2.05) is 0 Å². The average Bonchev–Trinajstić information content (AvgIpc) is 2.26. The van der Waals surface area contributed by atoms with Gasteiger partial charge in [-0.3, -0.25) is 14.5 Å². The Hall–Kier alpha value is -0.900. The zero-order valence-electron chi connectivity index (χ0n) is 7.66. The molecule has 13 heavy (non-hydrogen) atoms. The number of nitrogens with zero attached hydrogens (tertiary/aromatic N) is 1. The third-order valence-corrected chi connectivity index (χ3v) is 2.17. The maximum atomic E-state index is 11.4. The van der Waals surface area contributed by atoms with Crippen LogP contribution in [0, 0.1) is 0 Å². The second-order valence-electron chi connectivity index (χ2n) is 3.22. The summed E-state index contributed by atoms with van der Waals surface area (Å²) in [5, 5.41) is 8.59. The lowest BCUT2D eigenvalue weighted by Gasteiger charge is -2.17. The molecule has 1 saturated heterocycles. The highest BCUT2D eigenvalue weighted by Crippen LogP contribution is 2.12. The van der Waals surface area contributed by atoms with Gasteiger partial charge in [-0.1, -0.05) is 0 Å². The summed E-state index contributed by atoms with van der Waals surface area (Å²) >= 11 is 0. The highest BCUT2D eigenvalue weighted by Gasteiger charge is 2.22. The van der Waals surface area contributed by atoms with E-state index in [4.69, 9.17) is 5.11 Å². The fourth-order valence-electron chi connectivity index (χ4n) is 1.44. The topological polar surface area (TPSA) is 57.6 Å². The van der Waals surface area contributed by atoms with Crippen molar-refractivity contribution in [1.29, 1.82) is 0 Å². The van der Waals surface area contributed by atoms with E-state index < -0.39 is 0 Å². The number of imide groups is 1. The van der Waals surface area contributed by atoms with Crippen molar-refractivity contribution in [2.24, 2.45) is 0 Å². The molecule has 0 bridgehead atoms. The van der Waals surface area contributed by atoms with Crippen molar-refractivity contribution < 1.29 is 14.7 Å². The van der Waals surface area contributed by atoms with Gasteiger partial charge < -0.3 is 5.11 Å². The summed E-state index contributed by atoms with van der Waals surface area (Å²) in [7, 11) is 0. The molecule has 0 radical (unpaired) electrons. The fraction of sp³-hybridized carbons (Fsp3) is 0.778. The number of aliphatic hydroxyl groups excluding tert-OH is 1. The third-order valence-electron chi connectivity index (χ3n) is 2.17. The van der Waals surface area contributed by atoms with Crippen molar-refractivity contribution in [3.63, 3.8) is 0 Å². The third kappa shape index (κ3) is 2.81. The van der Waals surface area contributed by atoms with E-state index in [0.717, 1.165) is 12.8 Å². The SMILES string of the molecule is O=C1CCCCC(=O)N1CCCO. The van der Waals surface area contributed by atoms with Crippen LogP contribution in [-0.2, 0) is 9.59 Å². The molecule has 1 aliphatic heterocycles. The molecule has 0 aliphatic carbocycles. The quantitative estimate of drug-likeness (QED) is 0.643. The Morgan fingerprint density at radius 2 is 1.69 bits per heavy atom. The minimum absolute atomic E-state index is 0.0249. The Bertz CT molecular complexity index is 185. The van der Waals surface area contributed by atoms with Crippen LogP contribution in [0.25, 0.3) is 0 Å². The molecule has 0 aromatic heterocycles. The molecule has 1 fully saturated rings. The molecule has 0 unspecified atom stereocenters. The van der Waals surface area contributed by atoms with E-state index in [-0.39, 0.29) is 18.4 Å². The predicted octanol–water partition coefficient (Wildman–Crippen LogP) is 0.298. The van der Waals surface area contributed by atoms with Crippen molar-refractivity contribution in [3.05, 3.63) is 0 Å². The molecule has 1 heterocycles. The number of carbonyl (C=O) groups is 2. The fourth-order valence-corrected chi connectivity index (χ4v) is 1.44. The molecular weight excluding hydrogens is 170 g/mol. The molecule has 2 amide bonds. The molecule has 1 aliphatic rings. The van der Waals surface area contributed by atoms with Crippen molar-refractivity contribution in [2.45, 2.75) is 32.1 Å². The molecule has 4 heteroatoms. The number of carbonyl (C=O) groups excluding carboxylic acids is 2. The summed E-state index contributed by atoms with van der Waals surface area (Å²) in [5.74, 6) is -0.174. The molecule has 0 atom stereocenters. The summed E-state index contributed by atoms with van der Waals surface area (Å²) < 4.78 is 0. The van der Waals surface area contributed by atoms with E-state index in [2.05, 4.69) is 0 Å². The second-order valence-corrected chi connectivity index (χ2v) is 3.22. The molecular formula is C9H15NO3. The summed E-state index contributed by atoms with van der Waals surface area (Å²) in [6.45, 7) is 0.394. The van der Waals surface area contributed by atoms with Gasteiger partial charge >= 0.3 is 0 Å². The van der Waals surface area contributed by atoms with Crippen molar-refractivity contribution in [2.75, 3.05) is 13.2 Å². The monoisotopic (exact) mass is 185 g/mol. The summed E-state index contributed by atoms with van der Waals surface area (Å²) in [6.07, 6.45) is 3.03. The minimum Gasteiger partial charge on any atom is -0.396 e. The smallest absolute Gasteiger partial charge is 0.229 e. The van der Waals surface area contributed by atoms with Gasteiger partial charge in [-0.2, -0.15) is 0 Å². The van der Waals surface area contributed by atoms with Crippen molar-refractivity contribution in [3.8, 4) is 0 Å². The Morgan fingerprint density at radius 1 is 1.15 bits per heavy atom. The van der Waals surface area contributed by atoms with Crippen molar-refractivity contribution in [1.82, 2.24) is 4.90 Å². The highest BCUT2D eigenvalue weighted by molar-refractivity contribution is 5.95. The normalized spacial score (nSPS) is 19.0. The van der Waals surface area contributed by atoms with E-state index in [1.54, 1.807) is 0 Å². The van der Waals surface area contributed by atoms with Crippen LogP contribution in [0.3, 0.4) is 0 Å². The van der Waals surface area contributed by atoms with E-state index in [0.29, 0.717) is 25.8 Å². The van der Waals surface area contributed by atoms with E-state index in [9.17, 15) is 9.59 Å². The molecule has 1 N–H and O–H groups in total. The van der Waals surface area contributed by atoms with Gasteiger partial charge in [0.05, 0.1) is 0 Å². The largest absolute Gasteiger partial charge is 0.396 e. The van der Waals surface area contributed by atoms with E-state index in [1.165, 1.54) is 4.90 Å². The second kappa shape index (κ2) is 4.97. The van der Waals surface area contributed by atoms with Gasteiger partial charge in [-0.05, 0) is 19.3 Å². The highest BCUT2D eigenvalue weighted by atomic mass is 16.3. The Balaban J connectivity index is 2.53. The first-order chi connectivity index (χ1) is 6.25. The maximum Gasteiger partial charge on any atom is 0.229 e. The lowest BCUT2D eigenvalue weighted by atomic mass is 10.2. The standard InChI is InChI=1S/C9H15NO3/c11-7-3-6-10-8(12)4-1-2-5-9(10)13/h11H,1-7H2. The van der Waals surface area contributed by atoms with Crippen LogP contribution in [0.15, 0.2) is 0 Å². The van der Waals surface area contributed by atoms with Gasteiger partial charge in [0.25, 0.3) is 0 Å². The summed E-state index contributed by atoms with van der Waals surface area (Å²) in [4.78, 5) is 24.0. The molecule has 74 valence electrons. The van der Waals surface area contributed by atoms with Gasteiger partial charge in [0.15, 0.2) is 0 Å². The summed E-state index contributed by atoms with van der Waals surface area (Å²) in [6, 6.07) is 0. The van der Waals surface area contributed by atoms with Gasteiger partial charge in [0.2, 0.25) is 11.8 Å². The summed E-state index contributed by atoms with van der Waals surface area (Å²) in [5.41, 5.74) is 0. The number of aliphatic hydroxyl groups is 1. The average molecular weight is 185 g/mol. The van der Waals surface area contributed by atoms with Crippen LogP contribution >= 0.6 is 0 Å². The van der Waals surface area contributed by atoms with Gasteiger partial charge in [-0.15, -0.1) is 0 Å². The molecule has 0 aromatic rings. The van der Waals surface area contributed by atoms with Crippen LogP contribution in [0.5, 0.6) is 0 Å². The number of likely N-dealkylation sites (tertiary alicyclic amines) is 1. The zero-order valence-corrected chi connectivity index (χ0v) is 7.66. The van der Waals surface area contributed by atoms with Crippen LogP contribution in [0.2, 0.25) is 0 Å². The molecule has 0 aromatic carbocycles. The van der Waals surface area contributed by atoms with Gasteiger partial charge in [0.1, 0.15) is 0 Å². The van der Waals surface area contributed by atoms with Gasteiger partial charge in [-0.25, -0.2) is 0 Å². The number of rotatable bonds is 3. The molecule has 4 nitrogen and oxygen atoms in total. The Kier molecular flexibility index (Phi) is 3.89.